The van der Waals surface area contributed by atoms with Crippen LogP contribution in [0.25, 0.3) is 11.2 Å². The molecule has 1 fully saturated rings. The number of nitrogens with two attached hydrogens (primary N) is 1. The summed E-state index contributed by atoms with van der Waals surface area (Å²) in [4.78, 5) is 24.0. The normalized spacial score (nSPS) is 17.7. The fourth-order valence-corrected chi connectivity index (χ4v) is 3.68. The van der Waals surface area contributed by atoms with Crippen molar-refractivity contribution in [1.29, 1.82) is 0 Å². The maximum Gasteiger partial charge on any atom is 0.284 e. The van der Waals surface area contributed by atoms with E-state index in [1.807, 2.05) is 37.3 Å². The number of hydrogen-bond donors (Lipinski definition) is 1. The number of hydrogen-bond acceptors (Lipinski definition) is 4. The SMILES string of the molecule is CC(=NC=N/C(C)=C\N)N1CC[C@H]1c1nn2ccc(Cl)c2c(=O)n1-c1ccccc1. The molecule has 0 spiro atoms. The highest BCUT2D eigenvalue weighted by atomic mass is 35.5. The molecule has 1 aromatic carbocycles. The maximum atomic E-state index is 13.4. The van der Waals surface area contributed by atoms with Gasteiger partial charge in [0.1, 0.15) is 17.7 Å². The predicted molar refractivity (Wildman–Crippen MR) is 119 cm³/mol. The Morgan fingerprint density at radius 1 is 1.27 bits per heavy atom. The van der Waals surface area contributed by atoms with E-state index in [9.17, 15) is 4.79 Å². The molecule has 0 amide bonds. The number of halogens is 1. The summed E-state index contributed by atoms with van der Waals surface area (Å²) in [5, 5.41) is 5.13. The number of aromatic nitrogens is 3. The summed E-state index contributed by atoms with van der Waals surface area (Å²) in [5.74, 6) is 1.43. The van der Waals surface area contributed by atoms with E-state index >= 15 is 0 Å². The van der Waals surface area contributed by atoms with Crippen LogP contribution in [0.15, 0.2) is 69.3 Å². The first kappa shape index (κ1) is 19.9. The number of aliphatic imine (C=N–C) groups is 2. The van der Waals surface area contributed by atoms with Crippen LogP contribution in [-0.4, -0.2) is 37.8 Å². The van der Waals surface area contributed by atoms with Crippen molar-refractivity contribution in [2.24, 2.45) is 15.7 Å². The summed E-state index contributed by atoms with van der Waals surface area (Å²) in [7, 11) is 0. The van der Waals surface area contributed by atoms with Gasteiger partial charge in [-0.15, -0.1) is 0 Å². The second-order valence-corrected chi connectivity index (χ2v) is 7.43. The van der Waals surface area contributed by atoms with Gasteiger partial charge in [0.2, 0.25) is 0 Å². The molecule has 1 atom stereocenters. The number of likely N-dealkylation sites (tertiary alicyclic amines) is 1. The van der Waals surface area contributed by atoms with E-state index in [0.29, 0.717) is 22.1 Å². The molecular formula is C21H22ClN7O. The third-order valence-corrected chi connectivity index (χ3v) is 5.46. The molecule has 1 aliphatic heterocycles. The predicted octanol–water partition coefficient (Wildman–Crippen LogP) is 3.15. The Morgan fingerprint density at radius 2 is 2.03 bits per heavy atom. The van der Waals surface area contributed by atoms with Gasteiger partial charge in [0, 0.05) is 18.9 Å². The number of amidine groups is 1. The lowest BCUT2D eigenvalue weighted by Gasteiger charge is -2.42. The van der Waals surface area contributed by atoms with Crippen LogP contribution in [0.5, 0.6) is 0 Å². The van der Waals surface area contributed by atoms with Gasteiger partial charge in [-0.25, -0.2) is 14.5 Å². The van der Waals surface area contributed by atoms with Gasteiger partial charge >= 0.3 is 0 Å². The van der Waals surface area contributed by atoms with Crippen molar-refractivity contribution in [3.63, 3.8) is 0 Å². The average molecular weight is 424 g/mol. The highest BCUT2D eigenvalue weighted by Gasteiger charge is 2.35. The first-order valence-corrected chi connectivity index (χ1v) is 9.96. The molecule has 4 rings (SSSR count). The molecule has 9 heteroatoms. The third-order valence-electron chi connectivity index (χ3n) is 5.16. The van der Waals surface area contributed by atoms with Crippen LogP contribution >= 0.6 is 11.6 Å². The minimum Gasteiger partial charge on any atom is -0.403 e. The van der Waals surface area contributed by atoms with Crippen LogP contribution in [-0.2, 0) is 0 Å². The Hall–Kier alpha value is -3.39. The van der Waals surface area contributed by atoms with Crippen LogP contribution in [0.1, 0.15) is 32.1 Å². The molecule has 0 unspecified atom stereocenters. The van der Waals surface area contributed by atoms with E-state index < -0.39 is 0 Å². The maximum absolute atomic E-state index is 13.4. The molecule has 30 heavy (non-hydrogen) atoms. The fourth-order valence-electron chi connectivity index (χ4n) is 3.45. The number of benzene rings is 1. The van der Waals surface area contributed by atoms with Crippen LogP contribution in [0.4, 0.5) is 0 Å². The highest BCUT2D eigenvalue weighted by molar-refractivity contribution is 6.33. The topological polar surface area (TPSA) is 93.3 Å². The van der Waals surface area contributed by atoms with Crippen LogP contribution in [0.3, 0.4) is 0 Å². The summed E-state index contributed by atoms with van der Waals surface area (Å²) >= 11 is 6.26. The zero-order valence-electron chi connectivity index (χ0n) is 16.7. The summed E-state index contributed by atoms with van der Waals surface area (Å²) in [6.07, 6.45) is 5.46. The second-order valence-electron chi connectivity index (χ2n) is 7.02. The molecule has 0 bridgehead atoms. The molecule has 3 heterocycles. The molecule has 2 N–H and O–H groups in total. The van der Waals surface area contributed by atoms with Gasteiger partial charge in [0.15, 0.2) is 5.82 Å². The van der Waals surface area contributed by atoms with Crippen molar-refractivity contribution >= 4 is 29.3 Å². The van der Waals surface area contributed by atoms with E-state index in [1.165, 1.54) is 12.5 Å². The van der Waals surface area contributed by atoms with E-state index in [2.05, 4.69) is 14.9 Å². The minimum atomic E-state index is -0.201. The van der Waals surface area contributed by atoms with Crippen molar-refractivity contribution in [2.75, 3.05) is 6.54 Å². The molecule has 8 nitrogen and oxygen atoms in total. The first-order valence-electron chi connectivity index (χ1n) is 9.58. The van der Waals surface area contributed by atoms with Crippen molar-refractivity contribution in [1.82, 2.24) is 19.1 Å². The minimum absolute atomic E-state index is 0.0909. The third kappa shape index (κ3) is 3.50. The van der Waals surface area contributed by atoms with Crippen LogP contribution in [0.2, 0.25) is 5.02 Å². The molecule has 0 radical (unpaired) electrons. The number of para-hydroxylation sites is 1. The molecule has 0 saturated carbocycles. The van der Waals surface area contributed by atoms with Gasteiger partial charge in [-0.2, -0.15) is 5.10 Å². The lowest BCUT2D eigenvalue weighted by Crippen LogP contribution is -2.47. The summed E-state index contributed by atoms with van der Waals surface area (Å²) in [6.45, 7) is 4.53. The van der Waals surface area contributed by atoms with Crippen LogP contribution < -0.4 is 11.3 Å². The molecule has 1 saturated heterocycles. The number of allylic oxidation sites excluding steroid dienone is 1. The molecule has 3 aromatic rings. The van der Waals surface area contributed by atoms with Crippen molar-refractivity contribution in [2.45, 2.75) is 26.3 Å². The largest absolute Gasteiger partial charge is 0.403 e. The molecule has 1 aliphatic rings. The van der Waals surface area contributed by atoms with Gasteiger partial charge in [-0.05, 0) is 38.5 Å². The standard InChI is InChI=1S/C21H22ClN7O/c1-14(12-23)24-13-25-15(2)27-10-9-18(27)20-26-28-11-8-17(22)19(28)21(30)29(20)16-6-4-3-5-7-16/h3-8,11-13,18H,9-10,23H2,1-2H3/b14-12-,24-13?,25-15?/t18-/m0/s1. The summed E-state index contributed by atoms with van der Waals surface area (Å²) in [6, 6.07) is 11.1. The van der Waals surface area contributed by atoms with Gasteiger partial charge in [0.25, 0.3) is 5.56 Å². The summed E-state index contributed by atoms with van der Waals surface area (Å²) < 4.78 is 3.19. The number of nitrogens with zero attached hydrogens (tertiary/aromatic N) is 6. The Bertz CT molecular complexity index is 1220. The Kier molecular flexibility index (Phi) is 5.41. The number of fused-ring (bicyclic) bond motifs is 1. The number of rotatable bonds is 4. The van der Waals surface area contributed by atoms with Crippen molar-refractivity contribution < 1.29 is 0 Å². The molecule has 0 aliphatic carbocycles. The molecule has 154 valence electrons. The van der Waals surface area contributed by atoms with E-state index in [1.54, 1.807) is 28.3 Å². The molecule has 2 aromatic heterocycles. The first-order chi connectivity index (χ1) is 14.5. The van der Waals surface area contributed by atoms with Crippen molar-refractivity contribution in [3.8, 4) is 5.69 Å². The fraction of sp³-hybridized carbons (Fsp3) is 0.238. The van der Waals surface area contributed by atoms with Gasteiger partial charge < -0.3 is 10.6 Å². The monoisotopic (exact) mass is 423 g/mol. The Balaban J connectivity index is 1.80. The average Bonchev–Trinajstić information content (AvgIpc) is 3.08. The highest BCUT2D eigenvalue weighted by Crippen LogP contribution is 2.33. The smallest absolute Gasteiger partial charge is 0.284 e. The Morgan fingerprint density at radius 3 is 2.70 bits per heavy atom. The van der Waals surface area contributed by atoms with E-state index in [0.717, 1.165) is 24.5 Å². The van der Waals surface area contributed by atoms with E-state index in [-0.39, 0.29) is 11.6 Å². The van der Waals surface area contributed by atoms with Crippen molar-refractivity contribution in [3.05, 3.63) is 75.7 Å². The quantitative estimate of drug-likeness (QED) is 0.515. The van der Waals surface area contributed by atoms with Gasteiger partial charge in [0.05, 0.1) is 22.4 Å². The molecular weight excluding hydrogens is 402 g/mol. The summed E-state index contributed by atoms with van der Waals surface area (Å²) in [5.41, 5.74) is 7.02. The van der Waals surface area contributed by atoms with Gasteiger partial charge in [-0.1, -0.05) is 29.8 Å². The van der Waals surface area contributed by atoms with Gasteiger partial charge in [-0.3, -0.25) is 9.36 Å². The second kappa shape index (κ2) is 8.16. The zero-order valence-corrected chi connectivity index (χ0v) is 17.5. The zero-order chi connectivity index (χ0) is 21.3. The van der Waals surface area contributed by atoms with Crippen LogP contribution in [0, 0.1) is 0 Å². The lowest BCUT2D eigenvalue weighted by atomic mass is 10.0. The Labute approximate surface area is 178 Å². The van der Waals surface area contributed by atoms with E-state index in [4.69, 9.17) is 22.4 Å². The lowest BCUT2D eigenvalue weighted by molar-refractivity contribution is 0.172.